The maximum absolute atomic E-state index is 13.5. The van der Waals surface area contributed by atoms with Gasteiger partial charge in [0.05, 0.1) is 22.5 Å². The van der Waals surface area contributed by atoms with E-state index in [1.807, 2.05) is 36.4 Å². The number of hydrogen-bond acceptors (Lipinski definition) is 8. The second-order valence-electron chi connectivity index (χ2n) is 9.75. The summed E-state index contributed by atoms with van der Waals surface area (Å²) < 4.78 is 0. The number of aliphatic carboxylic acids is 1. The second kappa shape index (κ2) is 13.4. The zero-order valence-electron chi connectivity index (χ0n) is 22.6. The first-order chi connectivity index (χ1) is 20.8. The van der Waals surface area contributed by atoms with E-state index in [0.29, 0.717) is 34.9 Å². The number of rotatable bonds is 10. The highest BCUT2D eigenvalue weighted by atomic mass is 32.2. The number of nitro benzene ring substituents is 1. The van der Waals surface area contributed by atoms with Crippen LogP contribution in [0.1, 0.15) is 23.7 Å². The standard InChI is InChI=1S/C31H26N4O6S2/c36-28(24-11-4-5-12-25(24)30(38)39)32-21-13-15-23(16-14-21)43-27(19-7-2-1-3-8-19)29(37)34-31-33-26(18-42-31)20-9-6-10-22(17-20)35(40)41/h1-10,13-18,24-25,27H,11-12H2,(H,32,36)(H,38,39)(H,33,34,37). The van der Waals surface area contributed by atoms with Gasteiger partial charge in [0.25, 0.3) is 5.69 Å². The molecular formula is C31H26N4O6S2. The predicted octanol–water partition coefficient (Wildman–Crippen LogP) is 6.80. The van der Waals surface area contributed by atoms with E-state index in [2.05, 4.69) is 15.6 Å². The lowest BCUT2D eigenvalue weighted by atomic mass is 9.82. The summed E-state index contributed by atoms with van der Waals surface area (Å²) in [5.41, 5.74) is 2.36. The summed E-state index contributed by atoms with van der Waals surface area (Å²) in [5.74, 6) is -3.03. The van der Waals surface area contributed by atoms with E-state index in [0.717, 1.165) is 10.5 Å². The van der Waals surface area contributed by atoms with Gasteiger partial charge in [0, 0.05) is 33.7 Å². The SMILES string of the molecule is O=C(Nc1nc(-c2cccc([N+](=O)[O-])c2)cs1)C(Sc1ccc(NC(=O)C2CC=CCC2C(=O)O)cc1)c1ccccc1. The number of aromatic nitrogens is 1. The summed E-state index contributed by atoms with van der Waals surface area (Å²) in [5, 5.41) is 27.8. The van der Waals surface area contributed by atoms with Gasteiger partial charge < -0.3 is 15.7 Å². The summed E-state index contributed by atoms with van der Waals surface area (Å²) in [6, 6.07) is 22.5. The lowest BCUT2D eigenvalue weighted by Crippen LogP contribution is -2.34. The molecule has 1 heterocycles. The fourth-order valence-corrected chi connectivity index (χ4v) is 6.43. The predicted molar refractivity (Wildman–Crippen MR) is 166 cm³/mol. The maximum atomic E-state index is 13.5. The molecule has 0 saturated carbocycles. The van der Waals surface area contributed by atoms with Gasteiger partial charge in [-0.3, -0.25) is 24.5 Å². The normalized spacial score (nSPS) is 16.7. The van der Waals surface area contributed by atoms with Crippen LogP contribution < -0.4 is 10.6 Å². The minimum absolute atomic E-state index is 0.0437. The van der Waals surface area contributed by atoms with Gasteiger partial charge in [-0.1, -0.05) is 54.6 Å². The Morgan fingerprint density at radius 2 is 1.67 bits per heavy atom. The molecule has 0 saturated heterocycles. The Morgan fingerprint density at radius 3 is 2.37 bits per heavy atom. The van der Waals surface area contributed by atoms with Crippen LogP contribution in [0.2, 0.25) is 0 Å². The molecule has 12 heteroatoms. The Bertz CT molecular complexity index is 1670. The van der Waals surface area contributed by atoms with Gasteiger partial charge in [-0.15, -0.1) is 23.1 Å². The first kappa shape index (κ1) is 29.7. The fourth-order valence-electron chi connectivity index (χ4n) is 4.68. The third kappa shape index (κ3) is 7.34. The van der Waals surface area contributed by atoms with Crippen LogP contribution in [-0.2, 0) is 14.4 Å². The Hall–Kier alpha value is -4.81. The molecule has 0 bridgehead atoms. The van der Waals surface area contributed by atoms with Crippen molar-refractivity contribution in [1.29, 1.82) is 0 Å². The molecule has 1 aliphatic rings. The van der Waals surface area contributed by atoms with Gasteiger partial charge in [-0.05, 0) is 42.7 Å². The van der Waals surface area contributed by atoms with Gasteiger partial charge in [-0.2, -0.15) is 0 Å². The van der Waals surface area contributed by atoms with Crippen molar-refractivity contribution in [2.24, 2.45) is 11.8 Å². The van der Waals surface area contributed by atoms with E-state index < -0.39 is 28.0 Å². The van der Waals surface area contributed by atoms with Gasteiger partial charge in [0.2, 0.25) is 11.8 Å². The molecule has 0 fully saturated rings. The number of benzene rings is 3. The van der Waals surface area contributed by atoms with E-state index in [1.54, 1.807) is 47.9 Å². The third-order valence-corrected chi connectivity index (χ3v) is 8.91. The number of amides is 2. The lowest BCUT2D eigenvalue weighted by Gasteiger charge is -2.24. The molecule has 2 amide bonds. The van der Waals surface area contributed by atoms with Crippen LogP contribution in [-0.4, -0.2) is 32.8 Å². The Labute approximate surface area is 255 Å². The van der Waals surface area contributed by atoms with Crippen LogP contribution in [0.3, 0.4) is 0 Å². The van der Waals surface area contributed by atoms with Crippen molar-refractivity contribution < 1.29 is 24.4 Å². The van der Waals surface area contributed by atoms with E-state index >= 15 is 0 Å². The number of thioether (sulfide) groups is 1. The number of anilines is 2. The van der Waals surface area contributed by atoms with E-state index in [9.17, 15) is 29.6 Å². The summed E-state index contributed by atoms with van der Waals surface area (Å²) in [4.78, 5) is 53.9. The minimum atomic E-state index is -0.987. The molecule has 10 nitrogen and oxygen atoms in total. The van der Waals surface area contributed by atoms with E-state index in [4.69, 9.17) is 0 Å². The molecule has 218 valence electrons. The molecular weight excluding hydrogens is 588 g/mol. The molecule has 3 unspecified atom stereocenters. The smallest absolute Gasteiger partial charge is 0.307 e. The molecule has 4 aromatic rings. The van der Waals surface area contributed by atoms with Crippen molar-refractivity contribution in [2.75, 3.05) is 10.6 Å². The number of carbonyl (C=O) groups excluding carboxylic acids is 2. The van der Waals surface area contributed by atoms with Crippen LogP contribution in [0.4, 0.5) is 16.5 Å². The van der Waals surface area contributed by atoms with Crippen LogP contribution in [0.25, 0.3) is 11.3 Å². The second-order valence-corrected chi connectivity index (χ2v) is 11.8. The van der Waals surface area contributed by atoms with Gasteiger partial charge >= 0.3 is 5.97 Å². The van der Waals surface area contributed by atoms with Gasteiger partial charge in [-0.25, -0.2) is 4.98 Å². The number of carbonyl (C=O) groups is 3. The monoisotopic (exact) mass is 614 g/mol. The number of carboxylic acids is 1. The number of allylic oxidation sites excluding steroid dienone is 2. The zero-order valence-corrected chi connectivity index (χ0v) is 24.2. The van der Waals surface area contributed by atoms with Crippen LogP contribution in [0.5, 0.6) is 0 Å². The van der Waals surface area contributed by atoms with Crippen molar-refractivity contribution in [3.8, 4) is 11.3 Å². The molecule has 43 heavy (non-hydrogen) atoms. The number of thiazole rings is 1. The van der Waals surface area contributed by atoms with Crippen molar-refractivity contribution in [3.05, 3.63) is 112 Å². The zero-order chi connectivity index (χ0) is 30.3. The van der Waals surface area contributed by atoms with Crippen LogP contribution >= 0.6 is 23.1 Å². The Kier molecular flexibility index (Phi) is 9.28. The maximum Gasteiger partial charge on any atom is 0.307 e. The third-order valence-electron chi connectivity index (χ3n) is 6.89. The largest absolute Gasteiger partial charge is 0.481 e. The first-order valence-electron chi connectivity index (χ1n) is 13.3. The average molecular weight is 615 g/mol. The van der Waals surface area contributed by atoms with Crippen molar-refractivity contribution in [3.63, 3.8) is 0 Å². The van der Waals surface area contributed by atoms with Crippen LogP contribution in [0, 0.1) is 22.0 Å². The highest BCUT2D eigenvalue weighted by molar-refractivity contribution is 8.00. The van der Waals surface area contributed by atoms with E-state index in [-0.39, 0.29) is 17.5 Å². The molecule has 1 aliphatic carbocycles. The summed E-state index contributed by atoms with van der Waals surface area (Å²) >= 11 is 2.55. The molecule has 0 aliphatic heterocycles. The summed E-state index contributed by atoms with van der Waals surface area (Å²) in [6.07, 6.45) is 4.32. The molecule has 1 aromatic heterocycles. The molecule has 3 atom stereocenters. The van der Waals surface area contributed by atoms with Crippen molar-refractivity contribution in [2.45, 2.75) is 23.0 Å². The molecule has 5 rings (SSSR count). The minimum Gasteiger partial charge on any atom is -0.481 e. The van der Waals surface area contributed by atoms with Gasteiger partial charge in [0.1, 0.15) is 5.25 Å². The number of non-ortho nitro benzene ring substituents is 1. The van der Waals surface area contributed by atoms with Crippen LogP contribution in [0.15, 0.2) is 101 Å². The Balaban J connectivity index is 1.28. The number of hydrogen-bond donors (Lipinski definition) is 3. The highest BCUT2D eigenvalue weighted by Gasteiger charge is 2.34. The average Bonchev–Trinajstić information content (AvgIpc) is 3.49. The fraction of sp³-hybridized carbons (Fsp3) is 0.161. The molecule has 3 aromatic carbocycles. The lowest BCUT2D eigenvalue weighted by molar-refractivity contribution is -0.384. The topological polar surface area (TPSA) is 152 Å². The number of carboxylic acid groups (broad SMARTS) is 1. The summed E-state index contributed by atoms with van der Waals surface area (Å²) in [7, 11) is 0. The summed E-state index contributed by atoms with van der Waals surface area (Å²) in [6.45, 7) is 0. The van der Waals surface area contributed by atoms with Crippen molar-refractivity contribution >= 4 is 57.4 Å². The van der Waals surface area contributed by atoms with Gasteiger partial charge in [0.15, 0.2) is 5.13 Å². The van der Waals surface area contributed by atoms with Crippen molar-refractivity contribution in [1.82, 2.24) is 4.98 Å². The number of nitro groups is 1. The molecule has 0 spiro atoms. The highest BCUT2D eigenvalue weighted by Crippen LogP contribution is 2.37. The Morgan fingerprint density at radius 1 is 0.953 bits per heavy atom. The number of nitrogens with zero attached hydrogens (tertiary/aromatic N) is 2. The first-order valence-corrected chi connectivity index (χ1v) is 15.1. The number of nitrogens with one attached hydrogen (secondary N) is 2. The van der Waals surface area contributed by atoms with E-state index in [1.165, 1.54) is 35.2 Å². The molecule has 0 radical (unpaired) electrons. The quantitative estimate of drug-likeness (QED) is 0.0764. The molecule has 3 N–H and O–H groups in total.